The minimum absolute atomic E-state index is 0.272. The fraction of sp³-hybridized carbons (Fsp3) is 0.348. The summed E-state index contributed by atoms with van der Waals surface area (Å²) >= 11 is 0. The third-order valence-corrected chi connectivity index (χ3v) is 5.41. The Morgan fingerprint density at radius 2 is 2.12 bits per heavy atom. The van der Waals surface area contributed by atoms with Crippen molar-refractivity contribution >= 4 is 22.1 Å². The maximum Gasteiger partial charge on any atom is 0.168 e. The topological polar surface area (TPSA) is 38.3 Å². The third kappa shape index (κ3) is 3.02. The summed E-state index contributed by atoms with van der Waals surface area (Å²) in [6.45, 7) is 4.47. The Hall–Kier alpha value is -2.23. The summed E-state index contributed by atoms with van der Waals surface area (Å²) in [5.41, 5.74) is 7.04. The average molecular weight is 347 g/mol. The molecule has 26 heavy (non-hydrogen) atoms. The number of methoxy groups -OCH3 is 1. The zero-order valence-corrected chi connectivity index (χ0v) is 15.5. The first-order valence-electron chi connectivity index (χ1n) is 9.37. The lowest BCUT2D eigenvalue weighted by Crippen LogP contribution is -2.18. The van der Waals surface area contributed by atoms with Gasteiger partial charge in [-0.2, -0.15) is 0 Å². The van der Waals surface area contributed by atoms with Crippen LogP contribution in [-0.2, 0) is 11.3 Å². The minimum atomic E-state index is 0.272. The molecule has 0 spiro atoms. The molecule has 0 unspecified atom stereocenters. The minimum Gasteiger partial charge on any atom is -0.383 e. The van der Waals surface area contributed by atoms with Gasteiger partial charge in [0.05, 0.1) is 6.61 Å². The molecule has 4 rings (SSSR count). The van der Waals surface area contributed by atoms with E-state index in [9.17, 15) is 4.79 Å². The van der Waals surface area contributed by atoms with Crippen molar-refractivity contribution in [1.29, 1.82) is 0 Å². The molecule has 0 heterocycles. The lowest BCUT2D eigenvalue weighted by molar-refractivity contribution is 0.0991. The molecule has 3 nitrogen and oxygen atoms in total. The number of hydrogen-bond acceptors (Lipinski definition) is 3. The van der Waals surface area contributed by atoms with E-state index in [0.717, 1.165) is 47.8 Å². The van der Waals surface area contributed by atoms with E-state index in [1.54, 1.807) is 7.11 Å². The standard InChI is InChI=1S/C23H25NO2/c1-15-11-16(14-24-9-10-26-2)12-18-7-8-20-19-6-4-3-5-17(19)13-21(25)23(20)22(15)18/h4,6-8,11-12,24H,3,5,9-10,13-14H2,1-2H3. The zero-order chi connectivity index (χ0) is 18.1. The van der Waals surface area contributed by atoms with E-state index in [1.165, 1.54) is 22.3 Å². The molecule has 0 saturated heterocycles. The van der Waals surface area contributed by atoms with E-state index < -0.39 is 0 Å². The lowest BCUT2D eigenvalue weighted by Gasteiger charge is -2.25. The molecule has 0 aliphatic heterocycles. The number of ether oxygens (including phenoxy) is 1. The van der Waals surface area contributed by atoms with Crippen molar-refractivity contribution in [2.45, 2.75) is 32.7 Å². The summed E-state index contributed by atoms with van der Waals surface area (Å²) in [5.74, 6) is 0.272. The molecule has 1 N–H and O–H groups in total. The lowest BCUT2D eigenvalue weighted by atomic mass is 9.78. The first kappa shape index (κ1) is 17.2. The van der Waals surface area contributed by atoms with Crippen molar-refractivity contribution in [3.63, 3.8) is 0 Å². The van der Waals surface area contributed by atoms with Crippen molar-refractivity contribution in [3.8, 4) is 0 Å². The molecule has 0 saturated carbocycles. The Kier molecular flexibility index (Phi) is 4.75. The Morgan fingerprint density at radius 1 is 1.23 bits per heavy atom. The maximum absolute atomic E-state index is 13.0. The summed E-state index contributed by atoms with van der Waals surface area (Å²) in [6, 6.07) is 8.72. The van der Waals surface area contributed by atoms with Crippen LogP contribution in [0.4, 0.5) is 0 Å². The van der Waals surface area contributed by atoms with E-state index in [-0.39, 0.29) is 5.78 Å². The molecule has 2 aromatic rings. The molecule has 0 atom stereocenters. The van der Waals surface area contributed by atoms with Crippen LogP contribution in [0.2, 0.25) is 0 Å². The van der Waals surface area contributed by atoms with Crippen LogP contribution in [0, 0.1) is 6.92 Å². The number of carbonyl (C=O) groups excluding carboxylic acids is 1. The first-order chi connectivity index (χ1) is 12.7. The second kappa shape index (κ2) is 7.18. The van der Waals surface area contributed by atoms with Crippen LogP contribution in [0.5, 0.6) is 0 Å². The number of fused-ring (bicyclic) bond motifs is 4. The number of Topliss-reactive ketones (excluding diaryl/α,β-unsaturated/α-hetero) is 1. The highest BCUT2D eigenvalue weighted by Crippen LogP contribution is 2.40. The van der Waals surface area contributed by atoms with Gasteiger partial charge in [0.2, 0.25) is 0 Å². The Balaban J connectivity index is 1.77. The van der Waals surface area contributed by atoms with Gasteiger partial charge in [-0.15, -0.1) is 0 Å². The SMILES string of the molecule is COCCNCc1cc(C)c2c3c(ccc2c1)C1=C(CCC=C1)CC3=O. The van der Waals surface area contributed by atoms with Crippen LogP contribution in [0.1, 0.15) is 46.3 Å². The summed E-state index contributed by atoms with van der Waals surface area (Å²) in [7, 11) is 1.71. The van der Waals surface area contributed by atoms with E-state index in [2.05, 4.69) is 48.7 Å². The fourth-order valence-electron chi connectivity index (χ4n) is 4.24. The number of aryl methyl sites for hydroxylation is 1. The summed E-state index contributed by atoms with van der Waals surface area (Å²) in [4.78, 5) is 13.0. The van der Waals surface area contributed by atoms with Gasteiger partial charge in [-0.3, -0.25) is 4.79 Å². The van der Waals surface area contributed by atoms with Crippen LogP contribution in [0.15, 0.2) is 42.0 Å². The summed E-state index contributed by atoms with van der Waals surface area (Å²) in [6.07, 6.45) is 7.07. The van der Waals surface area contributed by atoms with E-state index in [0.29, 0.717) is 13.0 Å². The highest BCUT2D eigenvalue weighted by Gasteiger charge is 2.27. The molecular weight excluding hydrogens is 322 g/mol. The number of allylic oxidation sites excluding steroid dienone is 4. The van der Waals surface area contributed by atoms with Gasteiger partial charge in [0.25, 0.3) is 0 Å². The number of rotatable bonds is 5. The van der Waals surface area contributed by atoms with Crippen molar-refractivity contribution < 1.29 is 9.53 Å². The zero-order valence-electron chi connectivity index (χ0n) is 15.5. The van der Waals surface area contributed by atoms with Crippen LogP contribution in [0.3, 0.4) is 0 Å². The second-order valence-electron chi connectivity index (χ2n) is 7.23. The average Bonchev–Trinajstić information content (AvgIpc) is 2.65. The number of hydrogen-bond donors (Lipinski definition) is 1. The molecular formula is C23H25NO2. The van der Waals surface area contributed by atoms with Crippen molar-refractivity contribution in [2.75, 3.05) is 20.3 Å². The van der Waals surface area contributed by atoms with Gasteiger partial charge >= 0.3 is 0 Å². The fourth-order valence-corrected chi connectivity index (χ4v) is 4.24. The monoisotopic (exact) mass is 347 g/mol. The Labute approximate surface area is 154 Å². The Morgan fingerprint density at radius 3 is 2.96 bits per heavy atom. The van der Waals surface area contributed by atoms with Crippen LogP contribution in [-0.4, -0.2) is 26.0 Å². The van der Waals surface area contributed by atoms with Gasteiger partial charge in [-0.1, -0.05) is 35.9 Å². The van der Waals surface area contributed by atoms with Gasteiger partial charge in [0.1, 0.15) is 0 Å². The third-order valence-electron chi connectivity index (χ3n) is 5.41. The molecule has 2 aliphatic carbocycles. The molecule has 2 aromatic carbocycles. The summed E-state index contributed by atoms with van der Waals surface area (Å²) < 4.78 is 5.08. The van der Waals surface area contributed by atoms with Gasteiger partial charge in [0, 0.05) is 32.2 Å². The molecule has 2 aliphatic rings. The number of ketones is 1. The van der Waals surface area contributed by atoms with Gasteiger partial charge in [-0.05, 0) is 58.9 Å². The summed E-state index contributed by atoms with van der Waals surface area (Å²) in [5, 5.41) is 5.67. The van der Waals surface area contributed by atoms with Crippen molar-refractivity contribution in [3.05, 3.63) is 64.2 Å². The largest absolute Gasteiger partial charge is 0.383 e. The highest BCUT2D eigenvalue weighted by molar-refractivity contribution is 6.16. The van der Waals surface area contributed by atoms with Crippen LogP contribution < -0.4 is 5.32 Å². The highest BCUT2D eigenvalue weighted by atomic mass is 16.5. The van der Waals surface area contributed by atoms with Crippen molar-refractivity contribution in [1.82, 2.24) is 5.32 Å². The van der Waals surface area contributed by atoms with Crippen LogP contribution >= 0.6 is 0 Å². The molecule has 0 bridgehead atoms. The van der Waals surface area contributed by atoms with Crippen molar-refractivity contribution in [2.24, 2.45) is 0 Å². The maximum atomic E-state index is 13.0. The van der Waals surface area contributed by atoms with Crippen LogP contribution in [0.25, 0.3) is 16.3 Å². The van der Waals surface area contributed by atoms with Gasteiger partial charge in [-0.25, -0.2) is 0 Å². The molecule has 0 radical (unpaired) electrons. The molecule has 0 fully saturated rings. The number of carbonyl (C=O) groups is 1. The smallest absolute Gasteiger partial charge is 0.168 e. The first-order valence-corrected chi connectivity index (χ1v) is 9.37. The predicted molar refractivity (Wildman–Crippen MR) is 107 cm³/mol. The van der Waals surface area contributed by atoms with Gasteiger partial charge in [0.15, 0.2) is 5.78 Å². The Bertz CT molecular complexity index is 937. The normalized spacial score (nSPS) is 16.2. The van der Waals surface area contributed by atoms with E-state index in [4.69, 9.17) is 4.74 Å². The molecule has 0 aromatic heterocycles. The number of nitrogens with one attached hydrogen (secondary N) is 1. The molecule has 0 amide bonds. The second-order valence-corrected chi connectivity index (χ2v) is 7.23. The molecule has 134 valence electrons. The van der Waals surface area contributed by atoms with Gasteiger partial charge < -0.3 is 10.1 Å². The van der Waals surface area contributed by atoms with E-state index in [1.807, 2.05) is 0 Å². The van der Waals surface area contributed by atoms with E-state index >= 15 is 0 Å². The quantitative estimate of drug-likeness (QED) is 0.805. The predicted octanol–water partition coefficient (Wildman–Crippen LogP) is 4.57. The number of benzene rings is 2. The molecule has 3 heteroatoms.